The number of amides is 1. The lowest BCUT2D eigenvalue weighted by molar-refractivity contribution is -0.131. The van der Waals surface area contributed by atoms with Crippen molar-refractivity contribution < 1.29 is 4.79 Å². The van der Waals surface area contributed by atoms with Crippen LogP contribution in [0.3, 0.4) is 0 Å². The van der Waals surface area contributed by atoms with Crippen molar-refractivity contribution in [1.29, 1.82) is 0 Å². The number of hydrogen-bond donors (Lipinski definition) is 1. The second kappa shape index (κ2) is 8.51. The lowest BCUT2D eigenvalue weighted by Gasteiger charge is -2.31. The summed E-state index contributed by atoms with van der Waals surface area (Å²) in [5.74, 6) is 0.926. The van der Waals surface area contributed by atoms with E-state index in [1.165, 1.54) is 23.1 Å². The summed E-state index contributed by atoms with van der Waals surface area (Å²) in [6.07, 6.45) is 2.20. The van der Waals surface area contributed by atoms with E-state index >= 15 is 0 Å². The SMILES string of the molecule is CC1CCN(C(=O)C(C)Sc2nnc(Nc3cccc(Br)c3)s2)CC1. The van der Waals surface area contributed by atoms with Crippen LogP contribution in [0.5, 0.6) is 0 Å². The summed E-state index contributed by atoms with van der Waals surface area (Å²) < 4.78 is 1.82. The number of nitrogens with zero attached hydrogens (tertiary/aromatic N) is 3. The van der Waals surface area contributed by atoms with E-state index in [2.05, 4.69) is 38.4 Å². The molecule has 0 radical (unpaired) electrons. The molecule has 1 fully saturated rings. The standard InChI is InChI=1S/C17H21BrN4OS2/c1-11-6-8-22(9-7-11)15(23)12(2)24-17-21-20-16(25-17)19-14-5-3-4-13(18)10-14/h3-5,10-12H,6-9H2,1-2H3,(H,19,20). The van der Waals surface area contributed by atoms with Crippen LogP contribution in [0.25, 0.3) is 0 Å². The molecule has 2 aromatic rings. The van der Waals surface area contributed by atoms with Crippen LogP contribution in [0.15, 0.2) is 33.1 Å². The Morgan fingerprint density at radius 3 is 2.88 bits per heavy atom. The first kappa shape index (κ1) is 18.7. The zero-order chi connectivity index (χ0) is 17.8. The van der Waals surface area contributed by atoms with Gasteiger partial charge in [0.25, 0.3) is 0 Å². The number of carbonyl (C=O) groups excluding carboxylic acids is 1. The van der Waals surface area contributed by atoms with Crippen LogP contribution < -0.4 is 5.32 Å². The molecule has 1 aliphatic heterocycles. The number of halogens is 1. The third-order valence-electron chi connectivity index (χ3n) is 4.20. The van der Waals surface area contributed by atoms with E-state index in [1.54, 1.807) is 0 Å². The molecule has 1 aliphatic rings. The van der Waals surface area contributed by atoms with E-state index < -0.39 is 0 Å². The minimum absolute atomic E-state index is 0.139. The molecule has 0 aliphatic carbocycles. The number of aromatic nitrogens is 2. The fourth-order valence-electron chi connectivity index (χ4n) is 2.69. The Kier molecular flexibility index (Phi) is 6.35. The minimum Gasteiger partial charge on any atom is -0.342 e. The van der Waals surface area contributed by atoms with Crippen molar-refractivity contribution in [3.63, 3.8) is 0 Å². The van der Waals surface area contributed by atoms with Gasteiger partial charge in [-0.2, -0.15) is 0 Å². The highest BCUT2D eigenvalue weighted by Crippen LogP contribution is 2.32. The molecular formula is C17H21BrN4OS2. The Labute approximate surface area is 164 Å². The van der Waals surface area contributed by atoms with Crippen molar-refractivity contribution in [3.8, 4) is 0 Å². The van der Waals surface area contributed by atoms with E-state index in [1.807, 2.05) is 36.1 Å². The van der Waals surface area contributed by atoms with Gasteiger partial charge >= 0.3 is 0 Å². The Hall–Kier alpha value is -1.12. The van der Waals surface area contributed by atoms with E-state index in [0.29, 0.717) is 0 Å². The summed E-state index contributed by atoms with van der Waals surface area (Å²) in [4.78, 5) is 14.6. The predicted octanol–water partition coefficient (Wildman–Crippen LogP) is 4.78. The van der Waals surface area contributed by atoms with Gasteiger partial charge in [-0.3, -0.25) is 4.79 Å². The van der Waals surface area contributed by atoms with Gasteiger partial charge in [0.2, 0.25) is 11.0 Å². The molecule has 2 heterocycles. The van der Waals surface area contributed by atoms with E-state index in [-0.39, 0.29) is 11.2 Å². The average molecular weight is 441 g/mol. The highest BCUT2D eigenvalue weighted by Gasteiger charge is 2.26. The Bertz CT molecular complexity index is 731. The van der Waals surface area contributed by atoms with E-state index in [9.17, 15) is 4.79 Å². The fraction of sp³-hybridized carbons (Fsp3) is 0.471. The van der Waals surface area contributed by atoms with Gasteiger partial charge in [0.1, 0.15) is 0 Å². The predicted molar refractivity (Wildman–Crippen MR) is 108 cm³/mol. The molecule has 1 atom stereocenters. The number of thioether (sulfide) groups is 1. The lowest BCUT2D eigenvalue weighted by atomic mass is 9.99. The minimum atomic E-state index is -0.139. The van der Waals surface area contributed by atoms with Crippen LogP contribution in [0.1, 0.15) is 26.7 Å². The quantitative estimate of drug-likeness (QED) is 0.677. The van der Waals surface area contributed by atoms with Gasteiger partial charge in [0.05, 0.1) is 5.25 Å². The normalized spacial score (nSPS) is 16.7. The van der Waals surface area contributed by atoms with Crippen molar-refractivity contribution in [3.05, 3.63) is 28.7 Å². The summed E-state index contributed by atoms with van der Waals surface area (Å²) in [5.41, 5.74) is 0.952. The number of carbonyl (C=O) groups is 1. The Balaban J connectivity index is 1.56. The molecule has 8 heteroatoms. The third-order valence-corrected chi connectivity index (χ3v) is 6.71. The molecule has 25 heavy (non-hydrogen) atoms. The molecule has 1 amide bonds. The number of rotatable bonds is 5. The second-order valence-electron chi connectivity index (χ2n) is 6.28. The molecule has 1 aromatic heterocycles. The molecule has 0 saturated carbocycles. The Morgan fingerprint density at radius 1 is 1.40 bits per heavy atom. The van der Waals surface area contributed by atoms with E-state index in [0.717, 1.165) is 51.5 Å². The molecule has 0 bridgehead atoms. The van der Waals surface area contributed by atoms with Crippen molar-refractivity contribution in [2.24, 2.45) is 5.92 Å². The van der Waals surface area contributed by atoms with E-state index in [4.69, 9.17) is 0 Å². The zero-order valence-electron chi connectivity index (χ0n) is 14.2. The maximum atomic E-state index is 12.6. The number of nitrogens with one attached hydrogen (secondary N) is 1. The van der Waals surface area contributed by atoms with Gasteiger partial charge in [-0.1, -0.05) is 52.0 Å². The summed E-state index contributed by atoms with van der Waals surface area (Å²) in [7, 11) is 0. The van der Waals surface area contributed by atoms with Gasteiger partial charge in [-0.25, -0.2) is 0 Å². The number of likely N-dealkylation sites (tertiary alicyclic amines) is 1. The van der Waals surface area contributed by atoms with Crippen LogP contribution >= 0.6 is 39.0 Å². The largest absolute Gasteiger partial charge is 0.342 e. The third kappa shape index (κ3) is 5.18. The van der Waals surface area contributed by atoms with Gasteiger partial charge in [-0.05, 0) is 43.9 Å². The highest BCUT2D eigenvalue weighted by molar-refractivity contribution is 9.10. The molecule has 1 aromatic carbocycles. The number of piperidine rings is 1. The van der Waals surface area contributed by atoms with Gasteiger partial charge in [0.15, 0.2) is 4.34 Å². The highest BCUT2D eigenvalue weighted by atomic mass is 79.9. The molecular weight excluding hydrogens is 420 g/mol. The van der Waals surface area contributed by atoms with Crippen molar-refractivity contribution in [1.82, 2.24) is 15.1 Å². The molecule has 1 saturated heterocycles. The van der Waals surface area contributed by atoms with Crippen LogP contribution in [0.2, 0.25) is 0 Å². The number of benzene rings is 1. The molecule has 5 nitrogen and oxygen atoms in total. The Morgan fingerprint density at radius 2 is 2.16 bits per heavy atom. The van der Waals surface area contributed by atoms with Crippen molar-refractivity contribution in [2.75, 3.05) is 18.4 Å². The zero-order valence-corrected chi connectivity index (χ0v) is 17.5. The first-order chi connectivity index (χ1) is 12.0. The van der Waals surface area contributed by atoms with Crippen molar-refractivity contribution in [2.45, 2.75) is 36.3 Å². The summed E-state index contributed by atoms with van der Waals surface area (Å²) in [6, 6.07) is 7.89. The average Bonchev–Trinajstić information content (AvgIpc) is 3.01. The molecule has 3 rings (SSSR count). The first-order valence-corrected chi connectivity index (χ1v) is 10.8. The van der Waals surface area contributed by atoms with Crippen LogP contribution in [0, 0.1) is 5.92 Å². The smallest absolute Gasteiger partial charge is 0.235 e. The van der Waals surface area contributed by atoms with Crippen LogP contribution in [-0.2, 0) is 4.79 Å². The van der Waals surface area contributed by atoms with Gasteiger partial charge < -0.3 is 10.2 Å². The fourth-order valence-corrected chi connectivity index (χ4v) is 5.08. The van der Waals surface area contributed by atoms with Crippen LogP contribution in [-0.4, -0.2) is 39.3 Å². The van der Waals surface area contributed by atoms with Gasteiger partial charge in [-0.15, -0.1) is 10.2 Å². The molecule has 1 unspecified atom stereocenters. The lowest BCUT2D eigenvalue weighted by Crippen LogP contribution is -2.41. The second-order valence-corrected chi connectivity index (χ2v) is 9.76. The summed E-state index contributed by atoms with van der Waals surface area (Å²) >= 11 is 6.41. The molecule has 1 N–H and O–H groups in total. The van der Waals surface area contributed by atoms with Gasteiger partial charge in [0, 0.05) is 23.2 Å². The summed E-state index contributed by atoms with van der Waals surface area (Å²) in [6.45, 7) is 5.95. The number of anilines is 2. The van der Waals surface area contributed by atoms with Crippen molar-refractivity contribution >= 4 is 55.8 Å². The molecule has 134 valence electrons. The monoisotopic (exact) mass is 440 g/mol. The topological polar surface area (TPSA) is 58.1 Å². The first-order valence-electron chi connectivity index (χ1n) is 8.33. The summed E-state index contributed by atoms with van der Waals surface area (Å²) in [5, 5.41) is 12.2. The van der Waals surface area contributed by atoms with Crippen LogP contribution in [0.4, 0.5) is 10.8 Å². The number of hydrogen-bond acceptors (Lipinski definition) is 6. The maximum absolute atomic E-state index is 12.6. The maximum Gasteiger partial charge on any atom is 0.235 e. The molecule has 0 spiro atoms.